The largest absolute Gasteiger partial charge is 0.497 e. The third-order valence-corrected chi connectivity index (χ3v) is 7.12. The lowest BCUT2D eigenvalue weighted by Crippen LogP contribution is -2.61. The number of rotatable bonds is 5. The van der Waals surface area contributed by atoms with E-state index < -0.39 is 0 Å². The second-order valence-electron chi connectivity index (χ2n) is 8.98. The molecule has 2 bridgehead atoms. The Hall–Kier alpha value is -1.59. The van der Waals surface area contributed by atoms with Crippen molar-refractivity contribution < 1.29 is 9.53 Å². The van der Waals surface area contributed by atoms with Gasteiger partial charge in [-0.2, -0.15) is 0 Å². The van der Waals surface area contributed by atoms with Crippen LogP contribution in [0, 0.1) is 11.8 Å². The lowest BCUT2D eigenvalue weighted by molar-refractivity contribution is -0.140. The predicted molar refractivity (Wildman–Crippen MR) is 111 cm³/mol. The quantitative estimate of drug-likeness (QED) is 0.846. The molecule has 3 saturated heterocycles. The van der Waals surface area contributed by atoms with Crippen molar-refractivity contribution in [2.75, 3.05) is 26.7 Å². The number of ether oxygens (including phenoxy) is 1. The summed E-state index contributed by atoms with van der Waals surface area (Å²) >= 11 is 0. The van der Waals surface area contributed by atoms with E-state index in [1.165, 1.54) is 31.2 Å². The van der Waals surface area contributed by atoms with Gasteiger partial charge >= 0.3 is 0 Å². The van der Waals surface area contributed by atoms with Crippen LogP contribution in [-0.4, -0.2) is 54.5 Å². The normalized spacial score (nSPS) is 31.2. The number of amides is 1. The minimum atomic E-state index is -0.321. The van der Waals surface area contributed by atoms with E-state index >= 15 is 0 Å². The van der Waals surface area contributed by atoms with Crippen molar-refractivity contribution in [3.8, 4) is 5.75 Å². The van der Waals surface area contributed by atoms with Crippen molar-refractivity contribution in [1.29, 1.82) is 0 Å². The van der Waals surface area contributed by atoms with Crippen LogP contribution >= 0.6 is 0 Å². The van der Waals surface area contributed by atoms with E-state index in [9.17, 15) is 4.79 Å². The van der Waals surface area contributed by atoms with Gasteiger partial charge in [-0.25, -0.2) is 0 Å². The van der Waals surface area contributed by atoms with Crippen LogP contribution in [-0.2, 0) is 4.79 Å². The van der Waals surface area contributed by atoms with E-state index in [4.69, 9.17) is 10.5 Å². The van der Waals surface area contributed by atoms with Gasteiger partial charge in [0, 0.05) is 31.7 Å². The fraction of sp³-hybridized carbons (Fsp3) is 0.696. The van der Waals surface area contributed by atoms with E-state index in [0.29, 0.717) is 23.9 Å². The molecular formula is C23H35N3O2. The van der Waals surface area contributed by atoms with Gasteiger partial charge in [0.2, 0.25) is 5.91 Å². The topological polar surface area (TPSA) is 58.8 Å². The number of methoxy groups -OCH3 is 1. The number of hydrogen-bond acceptors (Lipinski definition) is 4. The molecule has 3 heterocycles. The van der Waals surface area contributed by atoms with Crippen molar-refractivity contribution in [3.63, 3.8) is 0 Å². The molecule has 1 aromatic rings. The molecule has 5 nitrogen and oxygen atoms in total. The molecule has 0 saturated carbocycles. The average molecular weight is 386 g/mol. The second-order valence-corrected chi connectivity index (χ2v) is 8.98. The zero-order valence-electron chi connectivity index (χ0n) is 17.3. The molecule has 5 atom stereocenters. The summed E-state index contributed by atoms with van der Waals surface area (Å²) in [5.41, 5.74) is 7.56. The number of benzene rings is 1. The molecule has 0 aliphatic carbocycles. The molecule has 154 valence electrons. The van der Waals surface area contributed by atoms with Gasteiger partial charge < -0.3 is 15.4 Å². The minimum Gasteiger partial charge on any atom is -0.497 e. The van der Waals surface area contributed by atoms with Gasteiger partial charge in [0.25, 0.3) is 0 Å². The Bertz CT molecular complexity index is 677. The molecule has 0 spiro atoms. The summed E-state index contributed by atoms with van der Waals surface area (Å²) in [6, 6.07) is 9.40. The van der Waals surface area contributed by atoms with Crippen LogP contribution in [0.2, 0.25) is 0 Å². The van der Waals surface area contributed by atoms with Gasteiger partial charge in [0.15, 0.2) is 0 Å². The molecule has 0 aromatic heterocycles. The molecule has 3 fully saturated rings. The summed E-state index contributed by atoms with van der Waals surface area (Å²) in [5.74, 6) is 2.26. The Labute approximate surface area is 169 Å². The molecule has 4 rings (SSSR count). The standard InChI is InChI=1S/C23H35N3O2/c1-3-5-20(24)23(27)25-13-16-12-18(15-25)22-7-4-6-21(26(22)14-16)17-8-10-19(28-2)11-9-17/h8-11,16,18,20-22H,3-7,12-15,24H2,1-2H3/t16-,18+,20-,21+,22-/m0/s1. The molecule has 3 aliphatic heterocycles. The Kier molecular flexibility index (Phi) is 5.93. The lowest BCUT2D eigenvalue weighted by Gasteiger charge is -2.55. The maximum atomic E-state index is 12.8. The zero-order chi connectivity index (χ0) is 19.7. The number of nitrogens with two attached hydrogens (primary N) is 1. The molecule has 28 heavy (non-hydrogen) atoms. The summed E-state index contributed by atoms with van der Waals surface area (Å²) in [7, 11) is 1.72. The molecule has 1 aromatic carbocycles. The first-order chi connectivity index (χ1) is 13.6. The monoisotopic (exact) mass is 385 g/mol. The van der Waals surface area contributed by atoms with Crippen molar-refractivity contribution in [3.05, 3.63) is 29.8 Å². The first kappa shape index (κ1) is 19.7. The number of hydrogen-bond donors (Lipinski definition) is 1. The first-order valence-corrected chi connectivity index (χ1v) is 11.0. The van der Waals surface area contributed by atoms with Gasteiger partial charge in [-0.05, 0) is 61.6 Å². The molecule has 1 amide bonds. The Balaban J connectivity index is 1.49. The average Bonchev–Trinajstić information content (AvgIpc) is 2.73. The number of carbonyl (C=O) groups is 1. The van der Waals surface area contributed by atoms with E-state index in [0.717, 1.165) is 38.2 Å². The minimum absolute atomic E-state index is 0.174. The number of carbonyl (C=O) groups excluding carboxylic acids is 1. The third-order valence-electron chi connectivity index (χ3n) is 7.12. The van der Waals surface area contributed by atoms with Crippen LogP contribution in [0.5, 0.6) is 5.75 Å². The first-order valence-electron chi connectivity index (χ1n) is 11.0. The van der Waals surface area contributed by atoms with Crippen LogP contribution in [0.1, 0.15) is 57.1 Å². The number of piperidine rings is 3. The smallest absolute Gasteiger partial charge is 0.239 e. The number of nitrogens with zero attached hydrogens (tertiary/aromatic N) is 2. The van der Waals surface area contributed by atoms with Gasteiger partial charge in [0.05, 0.1) is 13.2 Å². The van der Waals surface area contributed by atoms with Crippen molar-refractivity contribution in [2.45, 2.75) is 63.6 Å². The third kappa shape index (κ3) is 3.79. The highest BCUT2D eigenvalue weighted by Crippen LogP contribution is 2.44. The predicted octanol–water partition coefficient (Wildman–Crippen LogP) is 3.20. The molecule has 2 N–H and O–H groups in total. The van der Waals surface area contributed by atoms with Crippen molar-refractivity contribution in [1.82, 2.24) is 9.80 Å². The number of fused-ring (bicyclic) bond motifs is 4. The zero-order valence-corrected chi connectivity index (χ0v) is 17.3. The lowest BCUT2D eigenvalue weighted by atomic mass is 9.73. The van der Waals surface area contributed by atoms with Crippen LogP contribution in [0.25, 0.3) is 0 Å². The highest BCUT2D eigenvalue weighted by atomic mass is 16.5. The summed E-state index contributed by atoms with van der Waals surface area (Å²) in [6.07, 6.45) is 6.78. The van der Waals surface area contributed by atoms with Gasteiger partial charge in [0.1, 0.15) is 5.75 Å². The van der Waals surface area contributed by atoms with E-state index in [1.54, 1.807) is 7.11 Å². The van der Waals surface area contributed by atoms with Gasteiger partial charge in [-0.15, -0.1) is 0 Å². The maximum Gasteiger partial charge on any atom is 0.239 e. The summed E-state index contributed by atoms with van der Waals surface area (Å²) in [5, 5.41) is 0. The Morgan fingerprint density at radius 3 is 2.71 bits per heavy atom. The fourth-order valence-electron chi connectivity index (χ4n) is 5.84. The van der Waals surface area contributed by atoms with Crippen molar-refractivity contribution in [2.24, 2.45) is 17.6 Å². The molecule has 0 unspecified atom stereocenters. The summed E-state index contributed by atoms with van der Waals surface area (Å²) < 4.78 is 5.33. The van der Waals surface area contributed by atoms with E-state index in [1.807, 2.05) is 0 Å². The van der Waals surface area contributed by atoms with Crippen LogP contribution < -0.4 is 10.5 Å². The van der Waals surface area contributed by atoms with E-state index in [2.05, 4.69) is 41.0 Å². The molecular weight excluding hydrogens is 350 g/mol. The highest BCUT2D eigenvalue weighted by Gasteiger charge is 2.46. The van der Waals surface area contributed by atoms with Gasteiger partial charge in [-0.3, -0.25) is 9.69 Å². The highest BCUT2D eigenvalue weighted by molar-refractivity contribution is 5.81. The van der Waals surface area contributed by atoms with Gasteiger partial charge in [-0.1, -0.05) is 25.5 Å². The van der Waals surface area contributed by atoms with Crippen LogP contribution in [0.15, 0.2) is 24.3 Å². The van der Waals surface area contributed by atoms with E-state index in [-0.39, 0.29) is 11.9 Å². The summed E-state index contributed by atoms with van der Waals surface area (Å²) in [6.45, 7) is 4.97. The molecule has 0 radical (unpaired) electrons. The maximum absolute atomic E-state index is 12.8. The summed E-state index contributed by atoms with van der Waals surface area (Å²) in [4.78, 5) is 17.7. The SMILES string of the molecule is CCC[C@H](N)C(=O)N1C[C@@H]2C[C@H](C1)[C@@H]1CCC[C@H](c3ccc(OC)cc3)N1C2. The fourth-order valence-corrected chi connectivity index (χ4v) is 5.84. The molecule has 3 aliphatic rings. The Morgan fingerprint density at radius 2 is 2.00 bits per heavy atom. The second kappa shape index (κ2) is 8.42. The van der Waals surface area contributed by atoms with Crippen molar-refractivity contribution >= 4 is 5.91 Å². The van der Waals surface area contributed by atoms with Crippen LogP contribution in [0.4, 0.5) is 0 Å². The van der Waals surface area contributed by atoms with Crippen LogP contribution in [0.3, 0.4) is 0 Å². The molecule has 5 heteroatoms. The Morgan fingerprint density at radius 1 is 1.21 bits per heavy atom. The number of likely N-dealkylation sites (tertiary alicyclic amines) is 1.